The molecule has 4 aromatic rings. The van der Waals surface area contributed by atoms with Gasteiger partial charge in [-0.3, -0.25) is 22.8 Å². The summed E-state index contributed by atoms with van der Waals surface area (Å²) in [4.78, 5) is 54.7. The van der Waals surface area contributed by atoms with Crippen molar-refractivity contribution in [1.29, 1.82) is 0 Å². The van der Waals surface area contributed by atoms with Crippen LogP contribution in [-0.2, 0) is 32.2 Å². The van der Waals surface area contributed by atoms with Gasteiger partial charge in [0, 0.05) is 0 Å². The van der Waals surface area contributed by atoms with Gasteiger partial charge >= 0.3 is 15.2 Å². The van der Waals surface area contributed by atoms with E-state index in [1.165, 1.54) is 21.8 Å². The fourth-order valence-corrected chi connectivity index (χ4v) is 12.4. The maximum absolute atomic E-state index is 12.8. The molecule has 0 saturated carbocycles. The highest BCUT2D eigenvalue weighted by Crippen LogP contribution is 2.65. The third-order valence-electron chi connectivity index (χ3n) is 7.68. The Labute approximate surface area is 273 Å². The number of nitrogens with two attached hydrogens (primary N) is 2. The molecule has 268 valence electrons. The van der Waals surface area contributed by atoms with Crippen molar-refractivity contribution in [2.45, 2.75) is 49.1 Å². The molecular weight excluding hydrogens is 721 g/mol. The molecule has 6 rings (SSSR count). The molecule has 0 radical (unpaired) electrons. The summed E-state index contributed by atoms with van der Waals surface area (Å²) in [5, 5.41) is 42.1. The van der Waals surface area contributed by atoms with E-state index >= 15 is 0 Å². The number of rotatable bonds is 12. The van der Waals surface area contributed by atoms with Crippen LogP contribution < -0.4 is 11.5 Å². The largest absolute Gasteiger partial charge is 0.387 e. The van der Waals surface area contributed by atoms with Crippen molar-refractivity contribution in [2.24, 2.45) is 0 Å². The van der Waals surface area contributed by atoms with Crippen LogP contribution in [0.3, 0.4) is 0 Å². The SMILES string of the molecule is Nc1ncnc2c1ncn2[C@@H]1O[C@H](COP(=O)(O)CP(=O)(O)CP(=O)(O)OC[C@H]2O[C@@H](n3cnc4c(N)ncnc43)[C@H](O)[C@@H]2O)[C@@H](O)[C@H]1O. The molecule has 2 fully saturated rings. The highest BCUT2D eigenvalue weighted by molar-refractivity contribution is 7.79. The van der Waals surface area contributed by atoms with Crippen LogP contribution in [0, 0.1) is 0 Å². The van der Waals surface area contributed by atoms with Crippen molar-refractivity contribution in [3.63, 3.8) is 0 Å². The van der Waals surface area contributed by atoms with Crippen LogP contribution in [0.25, 0.3) is 22.3 Å². The van der Waals surface area contributed by atoms with Crippen LogP contribution in [0.1, 0.15) is 12.5 Å². The van der Waals surface area contributed by atoms with Crippen molar-refractivity contribution in [1.82, 2.24) is 39.0 Å². The van der Waals surface area contributed by atoms with Gasteiger partial charge in [0.2, 0.25) is 7.37 Å². The summed E-state index contributed by atoms with van der Waals surface area (Å²) in [7, 11) is -14.9. The average molecular weight is 752 g/mol. The second kappa shape index (κ2) is 13.2. The molecule has 0 amide bonds. The molecule has 49 heavy (non-hydrogen) atoms. The number of anilines is 2. The Kier molecular flexibility index (Phi) is 9.67. The molecule has 2 unspecified atom stereocenters. The van der Waals surface area contributed by atoms with E-state index < -0.39 is 96.7 Å². The predicted octanol–water partition coefficient (Wildman–Crippen LogP) is -2.34. The lowest BCUT2D eigenvalue weighted by molar-refractivity contribution is -0.0484. The Morgan fingerprint density at radius 3 is 1.43 bits per heavy atom. The van der Waals surface area contributed by atoms with Gasteiger partial charge in [-0.15, -0.1) is 0 Å². The van der Waals surface area contributed by atoms with Crippen LogP contribution in [0.15, 0.2) is 25.3 Å². The summed E-state index contributed by atoms with van der Waals surface area (Å²) in [5.41, 5.74) is 12.2. The first kappa shape index (κ1) is 35.8. The second-order valence-corrected chi connectivity index (χ2v) is 18.3. The summed E-state index contributed by atoms with van der Waals surface area (Å²) >= 11 is 0. The minimum atomic E-state index is -5.00. The second-order valence-electron chi connectivity index (χ2n) is 11.3. The quantitative estimate of drug-likeness (QED) is 0.0684. The van der Waals surface area contributed by atoms with Crippen molar-refractivity contribution in [3.05, 3.63) is 25.3 Å². The summed E-state index contributed by atoms with van der Waals surface area (Å²) in [6.07, 6.45) is -7.15. The molecule has 2 saturated heterocycles. The predicted molar refractivity (Wildman–Crippen MR) is 162 cm³/mol. The van der Waals surface area contributed by atoms with Crippen molar-refractivity contribution in [3.8, 4) is 0 Å². The number of nitrogens with zero attached hydrogens (tertiary/aromatic N) is 8. The molecule has 0 spiro atoms. The van der Waals surface area contributed by atoms with Crippen LogP contribution >= 0.6 is 22.6 Å². The molecule has 24 nitrogen and oxygen atoms in total. The van der Waals surface area contributed by atoms with Gasteiger partial charge in [0.15, 0.2) is 35.4 Å². The number of nitrogen functional groups attached to an aromatic ring is 2. The molecule has 0 aromatic carbocycles. The fraction of sp³-hybridized carbons (Fsp3) is 0.545. The molecule has 11 N–H and O–H groups in total. The van der Waals surface area contributed by atoms with E-state index in [4.69, 9.17) is 30.0 Å². The van der Waals surface area contributed by atoms with Gasteiger partial charge in [-0.2, -0.15) is 0 Å². The third kappa shape index (κ3) is 7.25. The lowest BCUT2D eigenvalue weighted by atomic mass is 10.1. The molecule has 0 bridgehead atoms. The lowest BCUT2D eigenvalue weighted by Gasteiger charge is -2.22. The molecular formula is C22H31N10O14P3. The Morgan fingerprint density at radius 1 is 0.653 bits per heavy atom. The maximum Gasteiger partial charge on any atom is 0.337 e. The monoisotopic (exact) mass is 752 g/mol. The molecule has 4 aromatic heterocycles. The number of aliphatic hydroxyl groups excluding tert-OH is 4. The topological polar surface area (TPSA) is 369 Å². The van der Waals surface area contributed by atoms with E-state index in [1.807, 2.05) is 0 Å². The zero-order chi connectivity index (χ0) is 35.5. The lowest BCUT2D eigenvalue weighted by Crippen LogP contribution is -2.33. The van der Waals surface area contributed by atoms with Crippen LogP contribution in [0.5, 0.6) is 0 Å². The highest BCUT2D eigenvalue weighted by atomic mass is 31.3. The minimum Gasteiger partial charge on any atom is -0.387 e. The van der Waals surface area contributed by atoms with E-state index in [9.17, 15) is 48.8 Å². The van der Waals surface area contributed by atoms with Gasteiger partial charge in [0.1, 0.15) is 72.1 Å². The smallest absolute Gasteiger partial charge is 0.337 e. The zero-order valence-electron chi connectivity index (χ0n) is 24.8. The zero-order valence-corrected chi connectivity index (χ0v) is 27.5. The first-order valence-electron chi connectivity index (χ1n) is 14.1. The van der Waals surface area contributed by atoms with Crippen LogP contribution in [-0.4, -0.2) is 136 Å². The first-order chi connectivity index (χ1) is 23.0. The number of aliphatic hydroxyl groups is 4. The fourth-order valence-electron chi connectivity index (χ4n) is 5.37. The number of hydrogen-bond donors (Lipinski definition) is 9. The molecule has 0 aliphatic carbocycles. The summed E-state index contributed by atoms with van der Waals surface area (Å²) in [5.74, 6) is -2.90. The van der Waals surface area contributed by atoms with Crippen molar-refractivity contribution in [2.75, 3.05) is 36.5 Å². The molecule has 6 heterocycles. The number of aromatic nitrogens is 8. The van der Waals surface area contributed by atoms with Crippen molar-refractivity contribution >= 4 is 56.5 Å². The van der Waals surface area contributed by atoms with E-state index in [1.54, 1.807) is 0 Å². The van der Waals surface area contributed by atoms with Gasteiger partial charge in [-0.05, 0) is 0 Å². The third-order valence-corrected chi connectivity index (χ3v) is 15.2. The van der Waals surface area contributed by atoms with E-state index in [0.717, 1.165) is 12.7 Å². The van der Waals surface area contributed by atoms with Gasteiger partial charge in [0.25, 0.3) is 0 Å². The van der Waals surface area contributed by atoms with Gasteiger partial charge in [-0.1, -0.05) is 0 Å². The van der Waals surface area contributed by atoms with E-state index in [0.29, 0.717) is 0 Å². The van der Waals surface area contributed by atoms with Crippen LogP contribution in [0.2, 0.25) is 0 Å². The Hall–Kier alpha value is -3.05. The van der Waals surface area contributed by atoms with E-state index in [2.05, 4.69) is 29.9 Å². The Bertz CT molecular complexity index is 1860. The first-order valence-corrected chi connectivity index (χ1v) is 19.7. The van der Waals surface area contributed by atoms with Gasteiger partial charge in [-0.25, -0.2) is 29.9 Å². The van der Waals surface area contributed by atoms with Gasteiger partial charge < -0.3 is 65.1 Å². The number of hydrogen-bond acceptors (Lipinski definition) is 19. The molecule has 27 heteroatoms. The molecule has 2 aliphatic heterocycles. The average Bonchev–Trinajstić information content (AvgIpc) is 3.77. The minimum absolute atomic E-state index is 0.0442. The normalized spacial score (nSPS) is 31.2. The number of ether oxygens (including phenoxy) is 2. The standard InChI is InChI=1S/C22H31N10O14P3/c23-17-11-19(27-3-25-17)31(5-29-11)21-15(35)13(33)9(45-21)1-43-48(39,40)7-47(37,38)8-49(41,42)44-2-10-14(34)16(36)22(46-10)32-6-30-12-18(24)26-4-28-20(12)32/h3-6,9-10,13-16,21-22,33-36H,1-2,7-8H2,(H,37,38)(H,39,40)(H,41,42)(H2,23,25,27)(H2,24,26,28)/t9-,10-,13-,14-,15-,16-,21-,22-/m1/s1. The Morgan fingerprint density at radius 2 is 1.04 bits per heavy atom. The summed E-state index contributed by atoms with van der Waals surface area (Å²) in [6.45, 7) is -1.68. The maximum atomic E-state index is 12.8. The van der Waals surface area contributed by atoms with Crippen LogP contribution in [0.4, 0.5) is 11.6 Å². The summed E-state index contributed by atoms with van der Waals surface area (Å²) in [6, 6.07) is 0. The molecule has 2 aliphatic rings. The number of imidazole rings is 2. The van der Waals surface area contributed by atoms with E-state index in [-0.39, 0.29) is 34.0 Å². The number of fused-ring (bicyclic) bond motifs is 2. The summed E-state index contributed by atoms with van der Waals surface area (Å²) < 4.78 is 61.8. The van der Waals surface area contributed by atoms with Crippen molar-refractivity contribution < 1.29 is 67.3 Å². The van der Waals surface area contributed by atoms with Gasteiger partial charge in [0.05, 0.1) is 25.9 Å². The molecule has 10 atom stereocenters. The highest BCUT2D eigenvalue weighted by Gasteiger charge is 2.48. The Balaban J connectivity index is 1.03.